The molecule has 1 saturated heterocycles. The van der Waals surface area contributed by atoms with Crippen molar-refractivity contribution >= 4 is 40.2 Å². The molecule has 10 heteroatoms. The van der Waals surface area contributed by atoms with Gasteiger partial charge in [0.25, 0.3) is 5.91 Å². The number of fused-ring (bicyclic) bond motifs is 1. The largest absolute Gasteiger partial charge is 0.378 e. The summed E-state index contributed by atoms with van der Waals surface area (Å²) in [4.78, 5) is 40.1. The second-order valence-electron chi connectivity index (χ2n) is 9.53. The summed E-state index contributed by atoms with van der Waals surface area (Å²) in [5, 5.41) is 10.2. The lowest BCUT2D eigenvalue weighted by Crippen LogP contribution is -2.38. The third kappa shape index (κ3) is 5.43. The molecule has 1 saturated carbocycles. The number of ether oxygens (including phenoxy) is 1. The van der Waals surface area contributed by atoms with Crippen molar-refractivity contribution in [1.82, 2.24) is 20.3 Å². The standard InChI is InChI=1S/C26H33N7O3/c1-16-17(2)28-21-8-7-19(13-20(16)21)30-25(35)22-14-23(27-15-24(34)29-18-5-3-4-6-18)32-26(31-22)33-9-11-36-12-10-33/h7-8,13-14,18,28H,3-6,9-12,15H2,1-2H3,(H,29,34)(H,30,35)(H,27,31,32). The van der Waals surface area contributed by atoms with Gasteiger partial charge in [0.15, 0.2) is 0 Å². The Morgan fingerprint density at radius 3 is 2.67 bits per heavy atom. The highest BCUT2D eigenvalue weighted by Gasteiger charge is 2.20. The summed E-state index contributed by atoms with van der Waals surface area (Å²) in [7, 11) is 0. The SMILES string of the molecule is Cc1[nH]c2ccc(NC(=O)c3cc(NCC(=O)NC4CCCC4)nc(N4CCOCC4)n3)cc2c1C. The molecule has 2 aliphatic rings. The van der Waals surface area contributed by atoms with E-state index in [4.69, 9.17) is 4.74 Å². The predicted octanol–water partition coefficient (Wildman–Crippen LogP) is 3.13. The highest BCUT2D eigenvalue weighted by atomic mass is 16.5. The van der Waals surface area contributed by atoms with Gasteiger partial charge >= 0.3 is 0 Å². The number of aryl methyl sites for hydroxylation is 2. The lowest BCUT2D eigenvalue weighted by molar-refractivity contribution is -0.120. The number of benzene rings is 1. The maximum atomic E-state index is 13.2. The van der Waals surface area contributed by atoms with Gasteiger partial charge in [0, 0.05) is 47.5 Å². The molecule has 0 atom stereocenters. The van der Waals surface area contributed by atoms with Crippen molar-refractivity contribution in [2.45, 2.75) is 45.6 Å². The fraction of sp³-hybridized carbons (Fsp3) is 0.462. The van der Waals surface area contributed by atoms with Crippen LogP contribution in [-0.2, 0) is 9.53 Å². The Morgan fingerprint density at radius 2 is 1.89 bits per heavy atom. The minimum atomic E-state index is -0.338. The maximum absolute atomic E-state index is 13.2. The van der Waals surface area contributed by atoms with Gasteiger partial charge in [-0.3, -0.25) is 9.59 Å². The van der Waals surface area contributed by atoms with Crippen LogP contribution in [0.1, 0.15) is 47.4 Å². The first-order valence-electron chi connectivity index (χ1n) is 12.6. The van der Waals surface area contributed by atoms with Gasteiger partial charge in [-0.25, -0.2) is 4.98 Å². The summed E-state index contributed by atoms with van der Waals surface area (Å²) in [5.41, 5.74) is 4.20. The molecular formula is C26H33N7O3. The zero-order chi connectivity index (χ0) is 25.1. The van der Waals surface area contributed by atoms with E-state index >= 15 is 0 Å². The first-order chi connectivity index (χ1) is 17.5. The van der Waals surface area contributed by atoms with Crippen LogP contribution in [0.3, 0.4) is 0 Å². The molecule has 0 radical (unpaired) electrons. The summed E-state index contributed by atoms with van der Waals surface area (Å²) >= 11 is 0. The Labute approximate surface area is 210 Å². The Morgan fingerprint density at radius 1 is 1.11 bits per heavy atom. The van der Waals surface area contributed by atoms with Crippen LogP contribution in [0.5, 0.6) is 0 Å². The molecule has 1 aliphatic carbocycles. The van der Waals surface area contributed by atoms with Gasteiger partial charge in [-0.2, -0.15) is 4.98 Å². The second kappa shape index (κ2) is 10.5. The van der Waals surface area contributed by atoms with Crippen LogP contribution in [0, 0.1) is 13.8 Å². The zero-order valence-corrected chi connectivity index (χ0v) is 20.8. The van der Waals surface area contributed by atoms with Crippen molar-refractivity contribution in [2.75, 3.05) is 48.4 Å². The van der Waals surface area contributed by atoms with Crippen LogP contribution in [0.25, 0.3) is 10.9 Å². The zero-order valence-electron chi connectivity index (χ0n) is 20.8. The third-order valence-electron chi connectivity index (χ3n) is 6.96. The van der Waals surface area contributed by atoms with Gasteiger partial charge in [-0.15, -0.1) is 0 Å². The van der Waals surface area contributed by atoms with E-state index in [1.54, 1.807) is 6.07 Å². The highest BCUT2D eigenvalue weighted by Crippen LogP contribution is 2.25. The van der Waals surface area contributed by atoms with Crippen molar-refractivity contribution < 1.29 is 14.3 Å². The third-order valence-corrected chi connectivity index (χ3v) is 6.96. The van der Waals surface area contributed by atoms with Crippen molar-refractivity contribution in [1.29, 1.82) is 0 Å². The average Bonchev–Trinajstić information content (AvgIpc) is 3.50. The number of nitrogens with one attached hydrogen (secondary N) is 4. The Hall–Kier alpha value is -3.66. The fourth-order valence-electron chi connectivity index (χ4n) is 4.80. The van der Waals surface area contributed by atoms with Gasteiger partial charge in [-0.05, 0) is 50.5 Å². The number of amides is 2. The van der Waals surface area contributed by atoms with E-state index in [0.29, 0.717) is 43.8 Å². The molecule has 4 N–H and O–H groups in total. The van der Waals surface area contributed by atoms with Gasteiger partial charge in [0.2, 0.25) is 11.9 Å². The molecule has 2 aromatic heterocycles. The van der Waals surface area contributed by atoms with E-state index in [1.807, 2.05) is 30.0 Å². The van der Waals surface area contributed by atoms with Gasteiger partial charge < -0.3 is 30.6 Å². The van der Waals surface area contributed by atoms with Crippen molar-refractivity contribution in [2.24, 2.45) is 0 Å². The molecular weight excluding hydrogens is 458 g/mol. The molecule has 190 valence electrons. The number of anilines is 3. The molecule has 0 bridgehead atoms. The monoisotopic (exact) mass is 491 g/mol. The molecule has 10 nitrogen and oxygen atoms in total. The quantitative estimate of drug-likeness (QED) is 0.400. The van der Waals surface area contributed by atoms with Crippen LogP contribution < -0.4 is 20.9 Å². The molecule has 0 spiro atoms. The van der Waals surface area contributed by atoms with E-state index in [2.05, 4.69) is 37.8 Å². The number of H-pyrrole nitrogens is 1. The number of hydrogen-bond donors (Lipinski definition) is 4. The van der Waals surface area contributed by atoms with Crippen LogP contribution >= 0.6 is 0 Å². The number of hydrogen-bond acceptors (Lipinski definition) is 7. The Balaban J connectivity index is 1.34. The molecule has 2 amide bonds. The van der Waals surface area contributed by atoms with Gasteiger partial charge in [-0.1, -0.05) is 12.8 Å². The first-order valence-corrected chi connectivity index (χ1v) is 12.6. The minimum absolute atomic E-state index is 0.0788. The molecule has 3 aromatic rings. The van der Waals surface area contributed by atoms with E-state index < -0.39 is 0 Å². The summed E-state index contributed by atoms with van der Waals surface area (Å²) < 4.78 is 5.45. The number of carbonyl (C=O) groups excluding carboxylic acids is 2. The highest BCUT2D eigenvalue weighted by molar-refractivity contribution is 6.04. The predicted molar refractivity (Wildman–Crippen MR) is 140 cm³/mol. The molecule has 1 aromatic carbocycles. The number of nitrogens with zero attached hydrogens (tertiary/aromatic N) is 3. The van der Waals surface area contributed by atoms with Crippen LogP contribution in [-0.4, -0.2) is 65.7 Å². The van der Waals surface area contributed by atoms with E-state index in [-0.39, 0.29) is 30.1 Å². The summed E-state index contributed by atoms with van der Waals surface area (Å²) in [6, 6.07) is 7.63. The molecule has 0 unspecified atom stereocenters. The number of rotatable bonds is 7. The number of carbonyl (C=O) groups is 2. The summed E-state index contributed by atoms with van der Waals surface area (Å²) in [5.74, 6) is 0.461. The van der Waals surface area contributed by atoms with Crippen molar-refractivity contribution in [3.63, 3.8) is 0 Å². The summed E-state index contributed by atoms with van der Waals surface area (Å²) in [6.07, 6.45) is 4.36. The number of aromatic nitrogens is 3. The lowest BCUT2D eigenvalue weighted by atomic mass is 10.1. The van der Waals surface area contributed by atoms with E-state index in [1.165, 1.54) is 0 Å². The molecule has 3 heterocycles. The van der Waals surface area contributed by atoms with Crippen molar-refractivity contribution in [3.05, 3.63) is 41.2 Å². The minimum Gasteiger partial charge on any atom is -0.378 e. The normalized spacial score (nSPS) is 16.3. The molecule has 1 aliphatic heterocycles. The Bertz CT molecular complexity index is 1260. The topological polar surface area (TPSA) is 124 Å². The second-order valence-corrected chi connectivity index (χ2v) is 9.53. The lowest BCUT2D eigenvalue weighted by Gasteiger charge is -2.27. The number of aromatic amines is 1. The number of morpholine rings is 1. The molecule has 36 heavy (non-hydrogen) atoms. The van der Waals surface area contributed by atoms with Crippen LogP contribution in [0.15, 0.2) is 24.3 Å². The van der Waals surface area contributed by atoms with Gasteiger partial charge in [0.1, 0.15) is 11.5 Å². The molecule has 2 fully saturated rings. The van der Waals surface area contributed by atoms with Gasteiger partial charge in [0.05, 0.1) is 19.8 Å². The van der Waals surface area contributed by atoms with Crippen LogP contribution in [0.4, 0.5) is 17.5 Å². The fourth-order valence-corrected chi connectivity index (χ4v) is 4.80. The average molecular weight is 492 g/mol. The summed E-state index contributed by atoms with van der Waals surface area (Å²) in [6.45, 7) is 6.58. The first kappa shape index (κ1) is 24.1. The van der Waals surface area contributed by atoms with E-state index in [0.717, 1.165) is 47.8 Å². The van der Waals surface area contributed by atoms with E-state index in [9.17, 15) is 9.59 Å². The van der Waals surface area contributed by atoms with Crippen LogP contribution in [0.2, 0.25) is 0 Å². The van der Waals surface area contributed by atoms with Crippen molar-refractivity contribution in [3.8, 4) is 0 Å². The maximum Gasteiger partial charge on any atom is 0.274 e. The smallest absolute Gasteiger partial charge is 0.274 e. The molecule has 5 rings (SSSR count). The Kier molecular flexibility index (Phi) is 7.04.